The topological polar surface area (TPSA) is 47.3 Å². The predicted octanol–water partition coefficient (Wildman–Crippen LogP) is 4.15. The number of para-hydroxylation sites is 1. The van der Waals surface area contributed by atoms with E-state index in [1.54, 1.807) is 0 Å². The van der Waals surface area contributed by atoms with E-state index in [2.05, 4.69) is 43.4 Å². The fourth-order valence-electron chi connectivity index (χ4n) is 2.33. The molecule has 3 N–H and O–H groups in total. The first-order chi connectivity index (χ1) is 9.63. The van der Waals surface area contributed by atoms with Crippen molar-refractivity contribution in [2.45, 2.75) is 26.8 Å². The molecule has 0 bridgehead atoms. The second-order valence-electron chi connectivity index (χ2n) is 4.87. The molecule has 0 radical (unpaired) electrons. The predicted molar refractivity (Wildman–Crippen MR) is 85.2 cm³/mol. The normalized spacial score (nSPS) is 11.9. The fourth-order valence-corrected chi connectivity index (χ4v) is 2.33. The average Bonchev–Trinajstić information content (AvgIpc) is 2.44. The number of nitrogens with one attached hydrogen (secondary N) is 1. The molecule has 0 fully saturated rings. The Balaban J connectivity index is 2.22. The molecule has 3 nitrogen and oxygen atoms in total. The van der Waals surface area contributed by atoms with Crippen LogP contribution < -0.4 is 15.8 Å². The smallest absolute Gasteiger partial charge is 0.144 e. The third-order valence-electron chi connectivity index (χ3n) is 3.39. The molecule has 2 rings (SSSR count). The van der Waals surface area contributed by atoms with Gasteiger partial charge in [0, 0.05) is 6.04 Å². The molecule has 0 heterocycles. The molecule has 0 spiro atoms. The number of nitrogen functional groups attached to an aromatic ring is 1. The van der Waals surface area contributed by atoms with Crippen molar-refractivity contribution in [2.75, 3.05) is 17.7 Å². The summed E-state index contributed by atoms with van der Waals surface area (Å²) in [5, 5.41) is 3.46. The van der Waals surface area contributed by atoms with E-state index in [1.165, 1.54) is 11.1 Å². The average molecular weight is 270 g/mol. The third kappa shape index (κ3) is 3.05. The van der Waals surface area contributed by atoms with Crippen LogP contribution in [0.15, 0.2) is 42.5 Å². The van der Waals surface area contributed by atoms with Crippen LogP contribution in [0.4, 0.5) is 11.4 Å². The molecule has 0 aliphatic heterocycles. The molecule has 2 aromatic carbocycles. The number of aryl methyl sites for hydroxylation is 1. The SMILES string of the molecule is CCOc1cccc(NC(C)c2ccccc2C)c1N. The Kier molecular flexibility index (Phi) is 4.51. The summed E-state index contributed by atoms with van der Waals surface area (Å²) in [5.41, 5.74) is 10.3. The van der Waals surface area contributed by atoms with Crippen LogP contribution in [0.5, 0.6) is 5.75 Å². The van der Waals surface area contributed by atoms with Crippen molar-refractivity contribution in [2.24, 2.45) is 0 Å². The van der Waals surface area contributed by atoms with Gasteiger partial charge in [-0.15, -0.1) is 0 Å². The van der Waals surface area contributed by atoms with E-state index < -0.39 is 0 Å². The number of anilines is 2. The van der Waals surface area contributed by atoms with Crippen LogP contribution in [-0.2, 0) is 0 Å². The first kappa shape index (κ1) is 14.3. The van der Waals surface area contributed by atoms with Crippen molar-refractivity contribution in [3.8, 4) is 5.75 Å². The lowest BCUT2D eigenvalue weighted by atomic mass is 10.0. The minimum atomic E-state index is 0.190. The molecule has 0 saturated heterocycles. The van der Waals surface area contributed by atoms with Crippen LogP contribution in [0, 0.1) is 6.92 Å². The summed E-state index contributed by atoms with van der Waals surface area (Å²) in [4.78, 5) is 0. The molecule has 20 heavy (non-hydrogen) atoms. The maximum Gasteiger partial charge on any atom is 0.144 e. The van der Waals surface area contributed by atoms with Crippen LogP contribution in [0.2, 0.25) is 0 Å². The largest absolute Gasteiger partial charge is 0.492 e. The van der Waals surface area contributed by atoms with Gasteiger partial charge in [0.05, 0.1) is 18.0 Å². The van der Waals surface area contributed by atoms with Gasteiger partial charge in [-0.1, -0.05) is 30.3 Å². The minimum Gasteiger partial charge on any atom is -0.492 e. The maximum atomic E-state index is 6.15. The molecular weight excluding hydrogens is 248 g/mol. The molecule has 106 valence electrons. The molecule has 3 heteroatoms. The number of nitrogens with two attached hydrogens (primary N) is 1. The number of hydrogen-bond donors (Lipinski definition) is 2. The summed E-state index contributed by atoms with van der Waals surface area (Å²) in [6.45, 7) is 6.82. The van der Waals surface area contributed by atoms with Crippen molar-refractivity contribution in [1.29, 1.82) is 0 Å². The first-order valence-corrected chi connectivity index (χ1v) is 6.96. The van der Waals surface area contributed by atoms with E-state index in [-0.39, 0.29) is 6.04 Å². The van der Waals surface area contributed by atoms with Crippen molar-refractivity contribution in [3.63, 3.8) is 0 Å². The highest BCUT2D eigenvalue weighted by Gasteiger charge is 2.11. The number of rotatable bonds is 5. The van der Waals surface area contributed by atoms with Crippen LogP contribution in [0.1, 0.15) is 31.0 Å². The van der Waals surface area contributed by atoms with Gasteiger partial charge in [0.25, 0.3) is 0 Å². The van der Waals surface area contributed by atoms with Crippen molar-refractivity contribution in [3.05, 3.63) is 53.6 Å². The fraction of sp³-hybridized carbons (Fsp3) is 0.294. The number of hydrogen-bond acceptors (Lipinski definition) is 3. The Morgan fingerprint density at radius 2 is 1.90 bits per heavy atom. The highest BCUT2D eigenvalue weighted by Crippen LogP contribution is 2.32. The van der Waals surface area contributed by atoms with Gasteiger partial charge in [-0.2, -0.15) is 0 Å². The Labute approximate surface area is 120 Å². The van der Waals surface area contributed by atoms with Gasteiger partial charge in [0.2, 0.25) is 0 Å². The summed E-state index contributed by atoms with van der Waals surface area (Å²) < 4.78 is 5.52. The van der Waals surface area contributed by atoms with E-state index in [0.717, 1.165) is 11.4 Å². The maximum absolute atomic E-state index is 6.15. The van der Waals surface area contributed by atoms with Crippen LogP contribution in [0.25, 0.3) is 0 Å². The van der Waals surface area contributed by atoms with Gasteiger partial charge in [-0.25, -0.2) is 0 Å². The Morgan fingerprint density at radius 3 is 2.60 bits per heavy atom. The van der Waals surface area contributed by atoms with Gasteiger partial charge < -0.3 is 15.8 Å². The highest BCUT2D eigenvalue weighted by atomic mass is 16.5. The molecule has 0 amide bonds. The summed E-state index contributed by atoms with van der Waals surface area (Å²) in [7, 11) is 0. The van der Waals surface area contributed by atoms with E-state index in [4.69, 9.17) is 10.5 Å². The first-order valence-electron chi connectivity index (χ1n) is 6.96. The minimum absolute atomic E-state index is 0.190. The standard InChI is InChI=1S/C17H22N2O/c1-4-20-16-11-7-10-15(17(16)18)19-13(3)14-9-6-5-8-12(14)2/h5-11,13,19H,4,18H2,1-3H3. The lowest BCUT2D eigenvalue weighted by Crippen LogP contribution is -2.10. The van der Waals surface area contributed by atoms with E-state index in [9.17, 15) is 0 Å². The lowest BCUT2D eigenvalue weighted by Gasteiger charge is -2.20. The third-order valence-corrected chi connectivity index (χ3v) is 3.39. The van der Waals surface area contributed by atoms with Crippen molar-refractivity contribution in [1.82, 2.24) is 0 Å². The van der Waals surface area contributed by atoms with Crippen LogP contribution in [0.3, 0.4) is 0 Å². The summed E-state index contributed by atoms with van der Waals surface area (Å²) in [6.07, 6.45) is 0. The van der Waals surface area contributed by atoms with E-state index >= 15 is 0 Å². The molecule has 0 saturated carbocycles. The Morgan fingerprint density at radius 1 is 1.15 bits per heavy atom. The van der Waals surface area contributed by atoms with Gasteiger partial charge in [0.15, 0.2) is 0 Å². The van der Waals surface area contributed by atoms with Crippen LogP contribution in [-0.4, -0.2) is 6.61 Å². The van der Waals surface area contributed by atoms with Gasteiger partial charge in [0.1, 0.15) is 5.75 Å². The molecular formula is C17H22N2O. The van der Waals surface area contributed by atoms with Gasteiger partial charge in [-0.05, 0) is 44.0 Å². The van der Waals surface area contributed by atoms with Gasteiger partial charge in [-0.3, -0.25) is 0 Å². The molecule has 0 aliphatic rings. The Bertz CT molecular complexity index is 581. The molecule has 0 aromatic heterocycles. The van der Waals surface area contributed by atoms with E-state index in [1.807, 2.05) is 25.1 Å². The Hall–Kier alpha value is -2.16. The molecule has 2 aromatic rings. The number of ether oxygens (including phenoxy) is 1. The van der Waals surface area contributed by atoms with Crippen molar-refractivity contribution >= 4 is 11.4 Å². The van der Waals surface area contributed by atoms with Gasteiger partial charge >= 0.3 is 0 Å². The number of benzene rings is 2. The summed E-state index contributed by atoms with van der Waals surface area (Å²) in [5.74, 6) is 0.731. The quantitative estimate of drug-likeness (QED) is 0.802. The summed E-state index contributed by atoms with van der Waals surface area (Å²) in [6, 6.07) is 14.4. The zero-order valence-corrected chi connectivity index (χ0v) is 12.3. The zero-order valence-electron chi connectivity index (χ0n) is 12.3. The second kappa shape index (κ2) is 6.33. The van der Waals surface area contributed by atoms with Crippen LogP contribution >= 0.6 is 0 Å². The monoisotopic (exact) mass is 270 g/mol. The molecule has 1 unspecified atom stereocenters. The van der Waals surface area contributed by atoms with Crippen molar-refractivity contribution < 1.29 is 4.74 Å². The molecule has 1 atom stereocenters. The molecule has 0 aliphatic carbocycles. The lowest BCUT2D eigenvalue weighted by molar-refractivity contribution is 0.342. The zero-order chi connectivity index (χ0) is 14.5. The van der Waals surface area contributed by atoms with E-state index in [0.29, 0.717) is 12.3 Å². The summed E-state index contributed by atoms with van der Waals surface area (Å²) >= 11 is 0. The second-order valence-corrected chi connectivity index (χ2v) is 4.87. The highest BCUT2D eigenvalue weighted by molar-refractivity contribution is 5.73.